The molecular formula is C36H46Br2N6. The lowest BCUT2D eigenvalue weighted by molar-refractivity contribution is -0.740. The van der Waals surface area contributed by atoms with Crippen molar-refractivity contribution in [3.8, 4) is 22.5 Å². The highest BCUT2D eigenvalue weighted by Gasteiger charge is 2.23. The normalized spacial score (nSPS) is 12.6. The summed E-state index contributed by atoms with van der Waals surface area (Å²) in [7, 11) is 0. The number of hydrogen-bond donors (Lipinski definition) is 2. The van der Waals surface area contributed by atoms with Gasteiger partial charge in [-0.2, -0.15) is 0 Å². The number of nitrogen functional groups attached to an aromatic ring is 2. The first-order valence-corrected chi connectivity index (χ1v) is 16.2. The Morgan fingerprint density at radius 1 is 0.477 bits per heavy atom. The Kier molecular flexibility index (Phi) is 12.7. The summed E-state index contributed by atoms with van der Waals surface area (Å²) >= 11 is 0. The summed E-state index contributed by atoms with van der Waals surface area (Å²) in [5.74, 6) is 1.59. The van der Waals surface area contributed by atoms with Gasteiger partial charge >= 0.3 is 0 Å². The van der Waals surface area contributed by atoms with E-state index < -0.39 is 0 Å². The van der Waals surface area contributed by atoms with Gasteiger partial charge in [-0.15, -0.1) is 9.36 Å². The zero-order chi connectivity index (χ0) is 28.7. The molecular weight excluding hydrogens is 676 g/mol. The van der Waals surface area contributed by atoms with E-state index in [9.17, 15) is 0 Å². The molecule has 0 fully saturated rings. The highest BCUT2D eigenvalue weighted by Crippen LogP contribution is 2.32. The third-order valence-electron chi connectivity index (χ3n) is 9.15. The molecule has 0 amide bonds. The van der Waals surface area contributed by atoms with Crippen molar-refractivity contribution in [2.75, 3.05) is 11.5 Å². The average molecular weight is 723 g/mol. The number of hydrogen-bond acceptors (Lipinski definition) is 4. The van der Waals surface area contributed by atoms with Crippen LogP contribution in [-0.2, 0) is 38.8 Å². The van der Waals surface area contributed by atoms with Crippen LogP contribution in [0, 0.1) is 0 Å². The van der Waals surface area contributed by atoms with Gasteiger partial charge in [0.1, 0.15) is 24.5 Å². The van der Waals surface area contributed by atoms with Gasteiger partial charge in [-0.25, -0.2) is 0 Å². The first kappa shape index (κ1) is 34.0. The number of fused-ring (bicyclic) bond motifs is 6. The fourth-order valence-electron chi connectivity index (χ4n) is 6.74. The Hall–Kier alpha value is -2.84. The van der Waals surface area contributed by atoms with Crippen molar-refractivity contribution in [1.82, 2.24) is 10.2 Å². The SMILES string of the molecule is Nc1cc2c(n[n+]1CCCCCCCCCCCC[n+]1nc3c(cc1N)CCc1ccccc1-3)-c1ccccc1CC2.[Br-].[Br-]. The van der Waals surface area contributed by atoms with Gasteiger partial charge in [0.15, 0.2) is 0 Å². The van der Waals surface area contributed by atoms with Gasteiger partial charge in [0.2, 0.25) is 0 Å². The van der Waals surface area contributed by atoms with Gasteiger partial charge in [0, 0.05) is 23.3 Å². The molecule has 2 aliphatic rings. The number of aryl methyl sites for hydroxylation is 6. The van der Waals surface area contributed by atoms with Gasteiger partial charge in [0.25, 0.3) is 11.6 Å². The lowest BCUT2D eigenvalue weighted by atomic mass is 9.89. The largest absolute Gasteiger partial charge is 1.00 e. The molecule has 2 aliphatic carbocycles. The number of anilines is 2. The molecule has 2 heterocycles. The van der Waals surface area contributed by atoms with Crippen LogP contribution < -0.4 is 54.8 Å². The fraction of sp³-hybridized carbons (Fsp3) is 0.444. The van der Waals surface area contributed by atoms with Crippen molar-refractivity contribution in [3.05, 3.63) is 82.9 Å². The highest BCUT2D eigenvalue weighted by molar-refractivity contribution is 5.70. The highest BCUT2D eigenvalue weighted by atomic mass is 79.9. The van der Waals surface area contributed by atoms with Crippen LogP contribution in [0.3, 0.4) is 0 Å². The summed E-state index contributed by atoms with van der Waals surface area (Å²) in [6, 6.07) is 21.6. The van der Waals surface area contributed by atoms with E-state index in [4.69, 9.17) is 21.7 Å². The molecule has 2 aromatic carbocycles. The average Bonchev–Trinajstić information content (AvgIpc) is 3.01. The molecule has 0 saturated heterocycles. The number of nitrogens with zero attached hydrogens (tertiary/aromatic N) is 4. The zero-order valence-corrected chi connectivity index (χ0v) is 29.0. The first-order valence-electron chi connectivity index (χ1n) is 16.2. The fourth-order valence-corrected chi connectivity index (χ4v) is 6.74. The lowest BCUT2D eigenvalue weighted by Crippen LogP contribution is -3.00. The number of halogens is 2. The monoisotopic (exact) mass is 720 g/mol. The minimum Gasteiger partial charge on any atom is -1.00 e. The third-order valence-corrected chi connectivity index (χ3v) is 9.15. The van der Waals surface area contributed by atoms with E-state index in [1.165, 1.54) is 84.7 Å². The standard InChI is InChI=1S/C36H44N6.2BrH/c37-33-25-29-21-19-27-15-9-11-17-31(27)35(29)39-41(33)23-13-7-5-3-1-2-4-6-8-14-24-42-34(38)26-30-22-20-28-16-10-12-18-32(28)36(30)40-42;;/h9-12,15-18,25-26,37-38H,1-8,13-14,19-24H2;2*1H. The van der Waals surface area contributed by atoms with Gasteiger partial charge < -0.3 is 34.0 Å². The Morgan fingerprint density at radius 3 is 1.23 bits per heavy atom. The Bertz CT molecular complexity index is 1420. The van der Waals surface area contributed by atoms with E-state index in [1.54, 1.807) is 0 Å². The second-order valence-corrected chi connectivity index (χ2v) is 12.2. The summed E-state index contributed by atoms with van der Waals surface area (Å²) in [6.45, 7) is 1.80. The maximum Gasteiger partial charge on any atom is 0.293 e. The number of benzene rings is 2. The van der Waals surface area contributed by atoms with Crippen LogP contribution in [0.25, 0.3) is 22.5 Å². The summed E-state index contributed by atoms with van der Waals surface area (Å²) < 4.78 is 4.04. The van der Waals surface area contributed by atoms with Gasteiger partial charge in [-0.1, -0.05) is 97.3 Å². The zero-order valence-electron chi connectivity index (χ0n) is 25.8. The second kappa shape index (κ2) is 16.5. The molecule has 234 valence electrons. The second-order valence-electron chi connectivity index (χ2n) is 12.2. The molecule has 6 nitrogen and oxygen atoms in total. The van der Waals surface area contributed by atoms with Gasteiger partial charge in [-0.05, 0) is 73.6 Å². The van der Waals surface area contributed by atoms with Crippen molar-refractivity contribution in [2.24, 2.45) is 0 Å². The van der Waals surface area contributed by atoms with Crippen molar-refractivity contribution in [1.29, 1.82) is 0 Å². The maximum atomic E-state index is 6.37. The van der Waals surface area contributed by atoms with E-state index >= 15 is 0 Å². The molecule has 0 unspecified atom stereocenters. The van der Waals surface area contributed by atoms with Crippen LogP contribution in [0.15, 0.2) is 60.7 Å². The molecule has 8 heteroatoms. The van der Waals surface area contributed by atoms with Crippen LogP contribution >= 0.6 is 0 Å². The van der Waals surface area contributed by atoms with Crippen LogP contribution in [0.1, 0.15) is 86.5 Å². The maximum absolute atomic E-state index is 6.37. The third kappa shape index (κ3) is 8.05. The van der Waals surface area contributed by atoms with Gasteiger partial charge in [0.05, 0.1) is 0 Å². The van der Waals surface area contributed by atoms with Crippen LogP contribution in [-0.4, -0.2) is 10.2 Å². The van der Waals surface area contributed by atoms with Crippen molar-refractivity contribution in [3.63, 3.8) is 0 Å². The minimum atomic E-state index is 0. The summed E-state index contributed by atoms with van der Waals surface area (Å²) in [5, 5.41) is 9.94. The molecule has 0 spiro atoms. The number of unbranched alkanes of at least 4 members (excludes halogenated alkanes) is 9. The molecule has 0 radical (unpaired) electrons. The summed E-state index contributed by atoms with van der Waals surface area (Å²) in [6.07, 6.45) is 16.8. The van der Waals surface area contributed by atoms with Crippen molar-refractivity contribution in [2.45, 2.75) is 103 Å². The quantitative estimate of drug-likeness (QED) is 0.154. The van der Waals surface area contributed by atoms with E-state index in [0.717, 1.165) is 74.6 Å². The number of nitrogens with two attached hydrogens (primary N) is 2. The van der Waals surface area contributed by atoms with Crippen LogP contribution in [0.5, 0.6) is 0 Å². The van der Waals surface area contributed by atoms with Crippen molar-refractivity contribution < 1.29 is 43.3 Å². The molecule has 0 bridgehead atoms. The smallest absolute Gasteiger partial charge is 0.293 e. The Balaban J connectivity index is 0.00000221. The molecule has 0 aliphatic heterocycles. The lowest BCUT2D eigenvalue weighted by Gasteiger charge is -2.18. The van der Waals surface area contributed by atoms with E-state index in [1.807, 2.05) is 9.36 Å². The molecule has 0 atom stereocenters. The van der Waals surface area contributed by atoms with E-state index in [-0.39, 0.29) is 34.0 Å². The summed E-state index contributed by atoms with van der Waals surface area (Å²) in [5.41, 5.74) is 22.9. The minimum absolute atomic E-state index is 0. The first-order chi connectivity index (χ1) is 20.7. The number of aromatic nitrogens is 4. The van der Waals surface area contributed by atoms with E-state index in [2.05, 4.69) is 60.7 Å². The van der Waals surface area contributed by atoms with Crippen molar-refractivity contribution >= 4 is 11.6 Å². The predicted octanol–water partition coefficient (Wildman–Crippen LogP) is 0.356. The molecule has 6 rings (SSSR count). The number of rotatable bonds is 13. The van der Waals surface area contributed by atoms with E-state index in [0.29, 0.717) is 0 Å². The topological polar surface area (TPSA) is 85.6 Å². The molecule has 4 N–H and O–H groups in total. The Morgan fingerprint density at radius 2 is 0.818 bits per heavy atom. The molecule has 4 aromatic rings. The summed E-state index contributed by atoms with van der Waals surface area (Å²) in [4.78, 5) is 0. The predicted molar refractivity (Wildman–Crippen MR) is 170 cm³/mol. The molecule has 44 heavy (non-hydrogen) atoms. The van der Waals surface area contributed by atoms with Crippen LogP contribution in [0.2, 0.25) is 0 Å². The molecule has 2 aromatic heterocycles. The molecule has 0 saturated carbocycles. The van der Waals surface area contributed by atoms with Gasteiger partial charge in [-0.3, -0.25) is 11.5 Å². The van der Waals surface area contributed by atoms with Crippen LogP contribution in [0.4, 0.5) is 11.6 Å². The Labute approximate surface area is 283 Å².